The minimum atomic E-state index is -1.13. The van der Waals surface area contributed by atoms with Gasteiger partial charge in [-0.3, -0.25) is 9.69 Å². The number of methoxy groups -OCH3 is 2. The molecule has 2 atom stereocenters. The van der Waals surface area contributed by atoms with Gasteiger partial charge >= 0.3 is 5.97 Å². The molecule has 0 unspecified atom stereocenters. The molecule has 0 saturated carbocycles. The minimum absolute atomic E-state index is 0.325. The van der Waals surface area contributed by atoms with Gasteiger partial charge in [0.1, 0.15) is 16.9 Å². The fourth-order valence-corrected chi connectivity index (χ4v) is 4.43. The van der Waals surface area contributed by atoms with Gasteiger partial charge in [-0.2, -0.15) is 0 Å². The minimum Gasteiger partial charge on any atom is -0.496 e. The first-order valence-corrected chi connectivity index (χ1v) is 10.9. The first-order valence-electron chi connectivity index (χ1n) is 9.70. The van der Waals surface area contributed by atoms with Crippen molar-refractivity contribution >= 4 is 17.7 Å². The third-order valence-electron chi connectivity index (χ3n) is 5.64. The summed E-state index contributed by atoms with van der Waals surface area (Å²) in [6, 6.07) is 3.92. The van der Waals surface area contributed by atoms with Gasteiger partial charge in [-0.05, 0) is 43.6 Å². The number of carboxylic acid groups (broad SMARTS) is 1. The standard InChI is InChI=1S/C21H33NO5S/c1-14(2)6-8-21(20(24)25)13-22(9-7-19(21)23)12-15-10-17(27-4)18(28-5)11-16(15)26-3/h10-11,14,19,23H,6-9,12-13H2,1-5H3,(H,24,25)/t19-,21-/m1/s1. The molecule has 1 fully saturated rings. The third-order valence-corrected chi connectivity index (χ3v) is 6.40. The molecule has 0 aromatic heterocycles. The van der Waals surface area contributed by atoms with E-state index >= 15 is 0 Å². The second-order valence-corrected chi connectivity index (χ2v) is 8.78. The first kappa shape index (κ1) is 22.8. The van der Waals surface area contributed by atoms with Gasteiger partial charge in [0.25, 0.3) is 0 Å². The molecule has 158 valence electrons. The number of carbonyl (C=O) groups is 1. The molecule has 2 rings (SSSR count). The monoisotopic (exact) mass is 411 g/mol. The lowest BCUT2D eigenvalue weighted by atomic mass is 9.72. The fraction of sp³-hybridized carbons (Fsp3) is 0.667. The van der Waals surface area contributed by atoms with E-state index in [4.69, 9.17) is 9.47 Å². The maximum Gasteiger partial charge on any atom is 0.313 e. The lowest BCUT2D eigenvalue weighted by Gasteiger charge is -2.44. The number of thioether (sulfide) groups is 1. The number of hydrogen-bond acceptors (Lipinski definition) is 6. The average molecular weight is 412 g/mol. The number of hydrogen-bond donors (Lipinski definition) is 2. The number of piperidine rings is 1. The summed E-state index contributed by atoms with van der Waals surface area (Å²) in [7, 11) is 3.28. The van der Waals surface area contributed by atoms with E-state index in [1.54, 1.807) is 26.0 Å². The van der Waals surface area contributed by atoms with E-state index in [0.29, 0.717) is 38.4 Å². The van der Waals surface area contributed by atoms with Crippen LogP contribution in [0.3, 0.4) is 0 Å². The Morgan fingerprint density at radius 2 is 2.00 bits per heavy atom. The Kier molecular flexibility index (Phi) is 8.04. The van der Waals surface area contributed by atoms with Gasteiger partial charge in [0.05, 0.1) is 25.2 Å². The van der Waals surface area contributed by atoms with Crippen LogP contribution in [0.5, 0.6) is 11.5 Å². The lowest BCUT2D eigenvalue weighted by Crippen LogP contribution is -2.55. The van der Waals surface area contributed by atoms with Crippen LogP contribution in [0.25, 0.3) is 0 Å². The highest BCUT2D eigenvalue weighted by atomic mass is 32.2. The maximum atomic E-state index is 12.2. The van der Waals surface area contributed by atoms with Crippen molar-refractivity contribution in [2.45, 2.75) is 50.7 Å². The highest BCUT2D eigenvalue weighted by molar-refractivity contribution is 7.98. The number of rotatable bonds is 9. The Morgan fingerprint density at radius 3 is 2.54 bits per heavy atom. The Balaban J connectivity index is 2.28. The van der Waals surface area contributed by atoms with Crippen LogP contribution in [-0.2, 0) is 11.3 Å². The zero-order valence-corrected chi connectivity index (χ0v) is 18.3. The molecule has 7 heteroatoms. The van der Waals surface area contributed by atoms with Crippen LogP contribution in [0.1, 0.15) is 38.7 Å². The largest absolute Gasteiger partial charge is 0.496 e. The van der Waals surface area contributed by atoms with E-state index < -0.39 is 17.5 Å². The van der Waals surface area contributed by atoms with Crippen molar-refractivity contribution < 1.29 is 24.5 Å². The molecule has 1 heterocycles. The van der Waals surface area contributed by atoms with Crippen LogP contribution in [0.2, 0.25) is 0 Å². The summed E-state index contributed by atoms with van der Waals surface area (Å²) >= 11 is 1.59. The summed E-state index contributed by atoms with van der Waals surface area (Å²) in [5, 5.41) is 20.6. The number of ether oxygens (including phenoxy) is 2. The third kappa shape index (κ3) is 4.93. The second-order valence-electron chi connectivity index (χ2n) is 7.93. The second kappa shape index (κ2) is 9.85. The van der Waals surface area contributed by atoms with Crippen molar-refractivity contribution in [1.82, 2.24) is 4.90 Å². The molecule has 0 radical (unpaired) electrons. The molecule has 2 N–H and O–H groups in total. The Hall–Kier alpha value is -1.44. The predicted molar refractivity (Wildman–Crippen MR) is 111 cm³/mol. The van der Waals surface area contributed by atoms with Gasteiger partial charge < -0.3 is 19.7 Å². The zero-order chi connectivity index (χ0) is 20.9. The van der Waals surface area contributed by atoms with Gasteiger partial charge in [-0.1, -0.05) is 13.8 Å². The molecule has 1 aromatic carbocycles. The molecule has 1 saturated heterocycles. The van der Waals surface area contributed by atoms with Crippen molar-refractivity contribution in [2.75, 3.05) is 33.6 Å². The van der Waals surface area contributed by atoms with Crippen LogP contribution < -0.4 is 9.47 Å². The van der Waals surface area contributed by atoms with Crippen LogP contribution >= 0.6 is 11.8 Å². The predicted octanol–water partition coefficient (Wildman–Crippen LogP) is 3.50. The van der Waals surface area contributed by atoms with Gasteiger partial charge in [0.15, 0.2) is 0 Å². The van der Waals surface area contributed by atoms with E-state index in [2.05, 4.69) is 18.7 Å². The van der Waals surface area contributed by atoms with Gasteiger partial charge in [-0.25, -0.2) is 0 Å². The molecule has 28 heavy (non-hydrogen) atoms. The van der Waals surface area contributed by atoms with Crippen LogP contribution in [0, 0.1) is 11.3 Å². The summed E-state index contributed by atoms with van der Waals surface area (Å²) in [6.45, 7) is 5.68. The highest BCUT2D eigenvalue weighted by Crippen LogP contribution is 2.39. The topological polar surface area (TPSA) is 79.2 Å². The number of aliphatic carboxylic acids is 1. The zero-order valence-electron chi connectivity index (χ0n) is 17.5. The van der Waals surface area contributed by atoms with Gasteiger partial charge in [0, 0.05) is 25.2 Å². The first-order chi connectivity index (χ1) is 13.3. The molecule has 1 aromatic rings. The number of aliphatic hydroxyl groups excluding tert-OH is 1. The van der Waals surface area contributed by atoms with Crippen molar-refractivity contribution in [1.29, 1.82) is 0 Å². The summed E-state index contributed by atoms with van der Waals surface area (Å²) in [4.78, 5) is 15.3. The number of benzene rings is 1. The van der Waals surface area contributed by atoms with Crippen molar-refractivity contribution in [3.8, 4) is 11.5 Å². The number of nitrogens with zero attached hydrogens (tertiary/aromatic N) is 1. The molecule has 1 aliphatic rings. The molecule has 6 nitrogen and oxygen atoms in total. The quantitative estimate of drug-likeness (QED) is 0.602. The van der Waals surface area contributed by atoms with Gasteiger partial charge in [0.2, 0.25) is 0 Å². The summed E-state index contributed by atoms with van der Waals surface area (Å²) in [6.07, 6.45) is 2.86. The molecular weight excluding hydrogens is 378 g/mol. The number of carboxylic acids is 1. The number of likely N-dealkylation sites (tertiary alicyclic amines) is 1. The van der Waals surface area contributed by atoms with Crippen LogP contribution in [0.4, 0.5) is 0 Å². The number of aliphatic hydroxyl groups is 1. The molecular formula is C21H33NO5S. The van der Waals surface area contributed by atoms with E-state index in [0.717, 1.165) is 28.4 Å². The van der Waals surface area contributed by atoms with E-state index in [1.807, 2.05) is 18.4 Å². The summed E-state index contributed by atoms with van der Waals surface area (Å²) in [5.41, 5.74) is -0.171. The normalized spacial score (nSPS) is 23.0. The lowest BCUT2D eigenvalue weighted by molar-refractivity contribution is -0.165. The van der Waals surface area contributed by atoms with Gasteiger partial charge in [-0.15, -0.1) is 11.8 Å². The average Bonchev–Trinajstić information content (AvgIpc) is 2.67. The van der Waals surface area contributed by atoms with Crippen molar-refractivity contribution in [3.63, 3.8) is 0 Å². The maximum absolute atomic E-state index is 12.2. The summed E-state index contributed by atoms with van der Waals surface area (Å²) in [5.74, 6) is 1.03. The summed E-state index contributed by atoms with van der Waals surface area (Å²) < 4.78 is 11.1. The van der Waals surface area contributed by atoms with Crippen molar-refractivity contribution in [2.24, 2.45) is 11.3 Å². The van der Waals surface area contributed by atoms with Crippen molar-refractivity contribution in [3.05, 3.63) is 17.7 Å². The molecule has 0 spiro atoms. The SMILES string of the molecule is COc1cc(SC)c(OC)cc1CN1CC[C@@H](O)[C@](CCC(C)C)(C(=O)O)C1. The van der Waals surface area contributed by atoms with Crippen LogP contribution in [-0.4, -0.2) is 60.8 Å². The smallest absolute Gasteiger partial charge is 0.313 e. The Morgan fingerprint density at radius 1 is 1.32 bits per heavy atom. The molecule has 0 amide bonds. The molecule has 0 aliphatic carbocycles. The Bertz CT molecular complexity index is 681. The molecule has 1 aliphatic heterocycles. The highest BCUT2D eigenvalue weighted by Gasteiger charge is 2.48. The van der Waals surface area contributed by atoms with E-state index in [-0.39, 0.29) is 0 Å². The molecule has 0 bridgehead atoms. The van der Waals surface area contributed by atoms with E-state index in [1.165, 1.54) is 0 Å². The van der Waals surface area contributed by atoms with E-state index in [9.17, 15) is 15.0 Å². The Labute approximate surface area is 172 Å². The van der Waals surface area contributed by atoms with Crippen LogP contribution in [0.15, 0.2) is 17.0 Å². The fourth-order valence-electron chi connectivity index (χ4n) is 3.87.